The molecule has 3 N–H and O–H groups in total. The van der Waals surface area contributed by atoms with E-state index < -0.39 is 11.9 Å². The molecule has 0 fully saturated rings. The van der Waals surface area contributed by atoms with Crippen LogP contribution in [0.1, 0.15) is 23.8 Å². The van der Waals surface area contributed by atoms with Crippen LogP contribution in [0.2, 0.25) is 0 Å². The Morgan fingerprint density at radius 1 is 1.50 bits per heavy atom. The lowest BCUT2D eigenvalue weighted by molar-refractivity contribution is -0.119. The van der Waals surface area contributed by atoms with Crippen molar-refractivity contribution in [1.82, 2.24) is 14.7 Å². The van der Waals surface area contributed by atoms with E-state index in [1.165, 1.54) is 6.20 Å². The lowest BCUT2D eigenvalue weighted by Gasteiger charge is -2.12. The summed E-state index contributed by atoms with van der Waals surface area (Å²) in [6, 6.07) is 4.77. The molecule has 18 heavy (non-hydrogen) atoms. The summed E-state index contributed by atoms with van der Waals surface area (Å²) in [6.07, 6.45) is 3.67. The van der Waals surface area contributed by atoms with Gasteiger partial charge in [0.25, 0.3) is 5.91 Å². The molecule has 94 valence electrons. The average molecular weight is 246 g/mol. The van der Waals surface area contributed by atoms with Gasteiger partial charge in [-0.05, 0) is 18.6 Å². The Kier molecular flexibility index (Phi) is 3.27. The number of nitrogens with two attached hydrogens (primary N) is 1. The van der Waals surface area contributed by atoms with Crippen LogP contribution >= 0.6 is 0 Å². The van der Waals surface area contributed by atoms with Crippen LogP contribution in [0.15, 0.2) is 30.6 Å². The van der Waals surface area contributed by atoms with Crippen molar-refractivity contribution in [3.8, 4) is 0 Å². The van der Waals surface area contributed by atoms with E-state index in [0.717, 1.165) is 0 Å². The van der Waals surface area contributed by atoms with Crippen LogP contribution in [0.5, 0.6) is 0 Å². The van der Waals surface area contributed by atoms with E-state index in [2.05, 4.69) is 10.3 Å². The number of pyridine rings is 1. The molecule has 2 amide bonds. The van der Waals surface area contributed by atoms with Gasteiger partial charge in [0.15, 0.2) is 0 Å². The van der Waals surface area contributed by atoms with Crippen molar-refractivity contribution in [2.45, 2.75) is 19.4 Å². The number of aromatic nitrogens is 2. The lowest BCUT2D eigenvalue weighted by atomic mass is 10.2. The summed E-state index contributed by atoms with van der Waals surface area (Å²) in [5.74, 6) is -0.904. The van der Waals surface area contributed by atoms with Crippen LogP contribution in [-0.4, -0.2) is 27.2 Å². The van der Waals surface area contributed by atoms with Gasteiger partial charge in [-0.1, -0.05) is 13.0 Å². The van der Waals surface area contributed by atoms with Crippen LogP contribution in [0.25, 0.3) is 5.65 Å². The number of carbonyl (C=O) groups excluding carboxylic acids is 2. The predicted molar refractivity (Wildman–Crippen MR) is 65.9 cm³/mol. The lowest BCUT2D eigenvalue weighted by Crippen LogP contribution is -2.44. The second kappa shape index (κ2) is 4.87. The molecule has 0 aliphatic heterocycles. The zero-order chi connectivity index (χ0) is 13.1. The fourth-order valence-corrected chi connectivity index (χ4v) is 1.71. The molecule has 2 heterocycles. The number of nitrogens with zero attached hydrogens (tertiary/aromatic N) is 2. The smallest absolute Gasteiger partial charge is 0.270 e. The zero-order valence-corrected chi connectivity index (χ0v) is 9.96. The first-order chi connectivity index (χ1) is 8.63. The first kappa shape index (κ1) is 12.1. The van der Waals surface area contributed by atoms with Crippen LogP contribution in [-0.2, 0) is 4.79 Å². The maximum atomic E-state index is 12.0. The Hall–Kier alpha value is -2.37. The fourth-order valence-electron chi connectivity index (χ4n) is 1.71. The monoisotopic (exact) mass is 246 g/mol. The summed E-state index contributed by atoms with van der Waals surface area (Å²) in [4.78, 5) is 27.2. The van der Waals surface area contributed by atoms with Gasteiger partial charge in [0.1, 0.15) is 17.4 Å². The van der Waals surface area contributed by atoms with E-state index in [4.69, 9.17) is 5.73 Å². The summed E-state index contributed by atoms with van der Waals surface area (Å²) in [5.41, 5.74) is 6.24. The summed E-state index contributed by atoms with van der Waals surface area (Å²) in [5, 5.41) is 2.59. The quantitative estimate of drug-likeness (QED) is 0.814. The van der Waals surface area contributed by atoms with Crippen LogP contribution in [0, 0.1) is 0 Å². The van der Waals surface area contributed by atoms with E-state index in [1.54, 1.807) is 29.7 Å². The first-order valence-electron chi connectivity index (χ1n) is 5.65. The molecule has 6 nitrogen and oxygen atoms in total. The van der Waals surface area contributed by atoms with Crippen molar-refractivity contribution in [3.05, 3.63) is 36.3 Å². The number of amides is 2. The number of nitrogens with one attached hydrogen (secondary N) is 1. The number of fused-ring (bicyclic) bond motifs is 1. The largest absolute Gasteiger partial charge is 0.368 e. The van der Waals surface area contributed by atoms with E-state index >= 15 is 0 Å². The molecule has 0 aromatic carbocycles. The zero-order valence-electron chi connectivity index (χ0n) is 9.96. The highest BCUT2D eigenvalue weighted by Gasteiger charge is 2.19. The van der Waals surface area contributed by atoms with Crippen LogP contribution in [0.3, 0.4) is 0 Å². The molecule has 0 unspecified atom stereocenters. The van der Waals surface area contributed by atoms with E-state index in [9.17, 15) is 9.59 Å². The van der Waals surface area contributed by atoms with E-state index in [0.29, 0.717) is 17.8 Å². The van der Waals surface area contributed by atoms with Gasteiger partial charge >= 0.3 is 0 Å². The summed E-state index contributed by atoms with van der Waals surface area (Å²) in [6.45, 7) is 1.78. The van der Waals surface area contributed by atoms with Crippen molar-refractivity contribution in [1.29, 1.82) is 0 Å². The molecule has 0 aliphatic rings. The normalized spacial score (nSPS) is 12.3. The molecule has 0 saturated carbocycles. The van der Waals surface area contributed by atoms with E-state index in [-0.39, 0.29) is 5.91 Å². The minimum absolute atomic E-state index is 0.362. The number of primary amides is 1. The third kappa shape index (κ3) is 2.17. The van der Waals surface area contributed by atoms with Crippen molar-refractivity contribution in [3.63, 3.8) is 0 Å². The average Bonchev–Trinajstić information content (AvgIpc) is 2.79. The predicted octanol–water partition coefficient (Wildman–Crippen LogP) is 0.328. The number of carbonyl (C=O) groups is 2. The Morgan fingerprint density at radius 2 is 2.28 bits per heavy atom. The minimum atomic E-state index is -0.660. The number of hydrogen-bond acceptors (Lipinski definition) is 3. The Labute approximate surface area is 104 Å². The molecular formula is C12H14N4O2. The van der Waals surface area contributed by atoms with Gasteiger partial charge in [-0.2, -0.15) is 0 Å². The summed E-state index contributed by atoms with van der Waals surface area (Å²) < 4.78 is 1.66. The minimum Gasteiger partial charge on any atom is -0.368 e. The molecule has 0 radical (unpaired) electrons. The number of hydrogen-bond donors (Lipinski definition) is 2. The molecule has 2 aromatic heterocycles. The van der Waals surface area contributed by atoms with Crippen molar-refractivity contribution >= 4 is 17.5 Å². The first-order valence-corrected chi connectivity index (χ1v) is 5.65. The molecule has 0 bridgehead atoms. The maximum absolute atomic E-state index is 12.0. The Balaban J connectivity index is 2.26. The third-order valence-corrected chi connectivity index (χ3v) is 2.71. The molecular weight excluding hydrogens is 232 g/mol. The molecule has 2 aromatic rings. The van der Waals surface area contributed by atoms with Gasteiger partial charge in [0.2, 0.25) is 5.91 Å². The van der Waals surface area contributed by atoms with E-state index in [1.807, 2.05) is 6.07 Å². The van der Waals surface area contributed by atoms with Crippen LogP contribution < -0.4 is 11.1 Å². The highest BCUT2D eigenvalue weighted by atomic mass is 16.2. The van der Waals surface area contributed by atoms with Gasteiger partial charge in [-0.15, -0.1) is 0 Å². The van der Waals surface area contributed by atoms with Gasteiger partial charge in [0, 0.05) is 6.20 Å². The van der Waals surface area contributed by atoms with Crippen molar-refractivity contribution < 1.29 is 9.59 Å². The number of imidazole rings is 1. The SMILES string of the molecule is CC[C@@H](NC(=O)c1cnc2ccccn12)C(N)=O. The van der Waals surface area contributed by atoms with Crippen molar-refractivity contribution in [2.24, 2.45) is 5.73 Å². The highest BCUT2D eigenvalue weighted by molar-refractivity contribution is 5.96. The molecule has 1 atom stereocenters. The molecule has 0 aliphatic carbocycles. The van der Waals surface area contributed by atoms with Gasteiger partial charge in [-0.25, -0.2) is 4.98 Å². The fraction of sp³-hybridized carbons (Fsp3) is 0.250. The Morgan fingerprint density at radius 3 is 2.94 bits per heavy atom. The molecule has 6 heteroatoms. The second-order valence-corrected chi connectivity index (χ2v) is 3.91. The highest BCUT2D eigenvalue weighted by Crippen LogP contribution is 2.06. The maximum Gasteiger partial charge on any atom is 0.270 e. The standard InChI is InChI=1S/C12H14N4O2/c1-2-8(11(13)17)15-12(18)9-7-14-10-5-3-4-6-16(9)10/h3-8H,2H2,1H3,(H2,13,17)(H,15,18)/t8-/m1/s1. The van der Waals surface area contributed by atoms with Crippen LogP contribution in [0.4, 0.5) is 0 Å². The summed E-state index contributed by atoms with van der Waals surface area (Å²) >= 11 is 0. The summed E-state index contributed by atoms with van der Waals surface area (Å²) in [7, 11) is 0. The molecule has 0 saturated heterocycles. The van der Waals surface area contributed by atoms with Gasteiger partial charge in [-0.3, -0.25) is 14.0 Å². The van der Waals surface area contributed by atoms with Gasteiger partial charge < -0.3 is 11.1 Å². The van der Waals surface area contributed by atoms with Gasteiger partial charge in [0.05, 0.1) is 6.20 Å². The number of rotatable bonds is 4. The molecule has 0 spiro atoms. The third-order valence-electron chi connectivity index (χ3n) is 2.71. The second-order valence-electron chi connectivity index (χ2n) is 3.91. The molecule has 2 rings (SSSR count). The van der Waals surface area contributed by atoms with Crippen molar-refractivity contribution in [2.75, 3.05) is 0 Å². The Bertz CT molecular complexity index is 591. The topological polar surface area (TPSA) is 89.5 Å².